The van der Waals surface area contributed by atoms with Crippen LogP contribution in [0.5, 0.6) is 0 Å². The van der Waals surface area contributed by atoms with Crippen LogP contribution in [0.4, 0.5) is 0 Å². The molecule has 0 amide bonds. The maximum absolute atomic E-state index is 5.09. The van der Waals surface area contributed by atoms with E-state index in [1.807, 2.05) is 6.07 Å². The molecule has 0 fully saturated rings. The van der Waals surface area contributed by atoms with Gasteiger partial charge in [-0.15, -0.1) is 0 Å². The van der Waals surface area contributed by atoms with Crippen LogP contribution in [0, 0.1) is 5.41 Å². The van der Waals surface area contributed by atoms with E-state index in [9.17, 15) is 0 Å². The van der Waals surface area contributed by atoms with E-state index in [4.69, 9.17) is 9.98 Å². The molecule has 0 unspecified atom stereocenters. The number of nitrogens with one attached hydrogen (secondary N) is 1. The third-order valence-corrected chi connectivity index (χ3v) is 3.70. The van der Waals surface area contributed by atoms with E-state index in [-0.39, 0.29) is 16.5 Å². The standard InChI is InChI=1S/C22H33N3/c1-20(2,3)15-22(7,8)25-19-17(16-12-10-9-11-13-16)14-18(23-19)24-21(4,5)6/h9-14H,15H2,1-8H3,(H,23,24,25). The molecule has 0 saturated carbocycles. The molecule has 136 valence electrons. The van der Waals surface area contributed by atoms with Crippen LogP contribution >= 0.6 is 0 Å². The summed E-state index contributed by atoms with van der Waals surface area (Å²) in [7, 11) is 0. The molecule has 0 bridgehead atoms. The number of amidine groups is 2. The van der Waals surface area contributed by atoms with Gasteiger partial charge >= 0.3 is 0 Å². The Morgan fingerprint density at radius 2 is 1.44 bits per heavy atom. The van der Waals surface area contributed by atoms with Crippen molar-refractivity contribution in [3.05, 3.63) is 42.0 Å². The summed E-state index contributed by atoms with van der Waals surface area (Å²) in [5.41, 5.74) is 2.23. The average Bonchev–Trinajstić information content (AvgIpc) is 2.76. The van der Waals surface area contributed by atoms with Crippen molar-refractivity contribution in [3.8, 4) is 0 Å². The van der Waals surface area contributed by atoms with Gasteiger partial charge in [-0.2, -0.15) is 0 Å². The van der Waals surface area contributed by atoms with Crippen molar-refractivity contribution in [3.63, 3.8) is 0 Å². The minimum Gasteiger partial charge on any atom is -0.325 e. The number of hydrogen-bond donors (Lipinski definition) is 1. The lowest BCUT2D eigenvalue weighted by atomic mass is 9.82. The van der Waals surface area contributed by atoms with Crippen LogP contribution in [-0.4, -0.2) is 22.7 Å². The summed E-state index contributed by atoms with van der Waals surface area (Å²) in [6.07, 6.45) is 3.13. The molecular weight excluding hydrogens is 306 g/mol. The predicted octanol–water partition coefficient (Wildman–Crippen LogP) is 5.48. The second kappa shape index (κ2) is 6.78. The van der Waals surface area contributed by atoms with E-state index in [1.54, 1.807) is 0 Å². The summed E-state index contributed by atoms with van der Waals surface area (Å²) in [6.45, 7) is 17.5. The number of aliphatic imine (C=N–C) groups is 2. The zero-order chi connectivity index (χ0) is 18.9. The molecule has 1 aliphatic rings. The number of nitrogens with zero attached hydrogens (tertiary/aromatic N) is 2. The first-order chi connectivity index (χ1) is 11.3. The van der Waals surface area contributed by atoms with Crippen molar-refractivity contribution in [2.45, 2.75) is 72.9 Å². The summed E-state index contributed by atoms with van der Waals surface area (Å²) in [5, 5.41) is 3.45. The predicted molar refractivity (Wildman–Crippen MR) is 110 cm³/mol. The molecule has 0 saturated heterocycles. The van der Waals surface area contributed by atoms with Crippen molar-refractivity contribution in [1.29, 1.82) is 0 Å². The van der Waals surface area contributed by atoms with Gasteiger partial charge in [0.05, 0.1) is 11.1 Å². The summed E-state index contributed by atoms with van der Waals surface area (Å²) in [4.78, 5) is 9.88. The summed E-state index contributed by atoms with van der Waals surface area (Å²) in [6, 6.07) is 10.4. The molecule has 1 aliphatic heterocycles. The zero-order valence-electron chi connectivity index (χ0n) is 17.1. The first-order valence-corrected chi connectivity index (χ1v) is 9.09. The first kappa shape index (κ1) is 19.4. The Morgan fingerprint density at radius 3 is 1.96 bits per heavy atom. The summed E-state index contributed by atoms with van der Waals surface area (Å²) >= 11 is 0. The highest BCUT2D eigenvalue weighted by atomic mass is 15.1. The molecule has 0 spiro atoms. The lowest BCUT2D eigenvalue weighted by Crippen LogP contribution is -2.32. The van der Waals surface area contributed by atoms with Gasteiger partial charge < -0.3 is 5.32 Å². The molecule has 2 rings (SSSR count). The second-order valence-electron chi connectivity index (χ2n) is 9.73. The van der Waals surface area contributed by atoms with E-state index in [0.29, 0.717) is 0 Å². The number of hydrogen-bond acceptors (Lipinski definition) is 2. The Bertz CT molecular complexity index is 693. The lowest BCUT2D eigenvalue weighted by Gasteiger charge is -2.29. The fourth-order valence-corrected chi connectivity index (χ4v) is 3.42. The molecule has 1 N–H and O–H groups in total. The normalized spacial score (nSPS) is 19.3. The lowest BCUT2D eigenvalue weighted by molar-refractivity contribution is 0.288. The van der Waals surface area contributed by atoms with Crippen LogP contribution in [0.2, 0.25) is 0 Å². The van der Waals surface area contributed by atoms with Gasteiger partial charge in [-0.05, 0) is 58.1 Å². The summed E-state index contributed by atoms with van der Waals surface area (Å²) < 4.78 is 0. The fourth-order valence-electron chi connectivity index (χ4n) is 3.42. The minimum absolute atomic E-state index is 0.128. The van der Waals surface area contributed by atoms with Gasteiger partial charge in [-0.25, -0.2) is 0 Å². The Kier molecular flexibility index (Phi) is 5.27. The van der Waals surface area contributed by atoms with Crippen molar-refractivity contribution < 1.29 is 0 Å². The van der Waals surface area contributed by atoms with Gasteiger partial charge in [0.15, 0.2) is 0 Å². The highest BCUT2D eigenvalue weighted by Gasteiger charge is 2.28. The van der Waals surface area contributed by atoms with Crippen molar-refractivity contribution in [2.75, 3.05) is 0 Å². The van der Waals surface area contributed by atoms with Crippen LogP contribution in [0.15, 0.2) is 46.4 Å². The summed E-state index contributed by atoms with van der Waals surface area (Å²) in [5.74, 6) is 1.81. The fraction of sp³-hybridized carbons (Fsp3) is 0.545. The molecule has 3 nitrogen and oxygen atoms in total. The molecule has 1 heterocycles. The van der Waals surface area contributed by atoms with Gasteiger partial charge in [0.1, 0.15) is 11.7 Å². The van der Waals surface area contributed by atoms with Gasteiger partial charge in [0.25, 0.3) is 0 Å². The van der Waals surface area contributed by atoms with Gasteiger partial charge in [0, 0.05) is 5.57 Å². The molecule has 0 aromatic heterocycles. The molecule has 1 aromatic carbocycles. The highest BCUT2D eigenvalue weighted by Crippen LogP contribution is 2.31. The zero-order valence-corrected chi connectivity index (χ0v) is 17.1. The Balaban J connectivity index is 2.44. The maximum atomic E-state index is 5.09. The van der Waals surface area contributed by atoms with Crippen LogP contribution in [0.3, 0.4) is 0 Å². The Labute approximate surface area is 153 Å². The van der Waals surface area contributed by atoms with E-state index < -0.39 is 0 Å². The van der Waals surface area contributed by atoms with Crippen LogP contribution in [-0.2, 0) is 0 Å². The van der Waals surface area contributed by atoms with Gasteiger partial charge in [-0.3, -0.25) is 9.98 Å². The SMILES string of the molecule is CC(C)(C)CC(C)(C)N=C1NC(=NC(C)(C)C)C=C1c1ccccc1. The average molecular weight is 340 g/mol. The van der Waals surface area contributed by atoms with Crippen LogP contribution < -0.4 is 5.32 Å². The van der Waals surface area contributed by atoms with E-state index in [2.05, 4.69) is 91.0 Å². The molecule has 0 atom stereocenters. The third kappa shape index (κ3) is 6.15. The monoisotopic (exact) mass is 339 g/mol. The van der Waals surface area contributed by atoms with Crippen molar-refractivity contribution in [1.82, 2.24) is 5.32 Å². The molecule has 25 heavy (non-hydrogen) atoms. The van der Waals surface area contributed by atoms with E-state index in [0.717, 1.165) is 23.7 Å². The smallest absolute Gasteiger partial charge is 0.135 e. The topological polar surface area (TPSA) is 36.8 Å². The maximum Gasteiger partial charge on any atom is 0.135 e. The van der Waals surface area contributed by atoms with Crippen molar-refractivity contribution >= 4 is 17.2 Å². The molecule has 0 radical (unpaired) electrons. The highest BCUT2D eigenvalue weighted by molar-refractivity contribution is 6.36. The molecular formula is C22H33N3. The minimum atomic E-state index is -0.147. The molecule has 1 aromatic rings. The largest absolute Gasteiger partial charge is 0.325 e. The van der Waals surface area contributed by atoms with Crippen molar-refractivity contribution in [2.24, 2.45) is 15.4 Å². The number of benzene rings is 1. The quantitative estimate of drug-likeness (QED) is 0.777. The molecule has 3 heteroatoms. The third-order valence-electron chi connectivity index (χ3n) is 3.70. The van der Waals surface area contributed by atoms with E-state index >= 15 is 0 Å². The number of rotatable bonds is 3. The Morgan fingerprint density at radius 1 is 0.840 bits per heavy atom. The van der Waals surface area contributed by atoms with Crippen LogP contribution in [0.1, 0.15) is 67.4 Å². The van der Waals surface area contributed by atoms with Crippen LogP contribution in [0.25, 0.3) is 5.57 Å². The van der Waals surface area contributed by atoms with Gasteiger partial charge in [-0.1, -0.05) is 51.1 Å². The van der Waals surface area contributed by atoms with Gasteiger partial charge in [0.2, 0.25) is 0 Å². The Hall–Kier alpha value is -1.90. The second-order valence-corrected chi connectivity index (χ2v) is 9.73. The van der Waals surface area contributed by atoms with E-state index in [1.165, 1.54) is 5.56 Å². The molecule has 0 aliphatic carbocycles. The first-order valence-electron chi connectivity index (χ1n) is 9.09.